The Balaban J connectivity index is 0.000000290. The number of nitrogens with one attached hydrogen (secondary N) is 1. The number of para-hydroxylation sites is 1. The summed E-state index contributed by atoms with van der Waals surface area (Å²) in [5.74, 6) is 0. The first-order valence-electron chi connectivity index (χ1n) is 18.0. The van der Waals surface area contributed by atoms with Gasteiger partial charge in [0.05, 0.1) is 6.26 Å². The van der Waals surface area contributed by atoms with E-state index in [0.717, 1.165) is 22.6 Å². The summed E-state index contributed by atoms with van der Waals surface area (Å²) in [6.07, 6.45) is 15.2. The van der Waals surface area contributed by atoms with Crippen molar-refractivity contribution in [3.05, 3.63) is 97.1 Å². The Bertz CT molecular complexity index is 1670. The second-order valence-electron chi connectivity index (χ2n) is 13.8. The van der Waals surface area contributed by atoms with E-state index in [1.807, 2.05) is 37.4 Å². The third kappa shape index (κ3) is 12.7. The van der Waals surface area contributed by atoms with Crippen molar-refractivity contribution in [3.8, 4) is 22.3 Å². The molecule has 0 bridgehead atoms. The normalized spacial score (nSPS) is 15.0. The van der Waals surface area contributed by atoms with Crippen LogP contribution in [0.3, 0.4) is 0 Å². The molecule has 4 aromatic rings. The molecule has 280 valence electrons. The van der Waals surface area contributed by atoms with Crippen LogP contribution in [0.4, 0.5) is 17.1 Å². The molecular weight excluding hydrogens is 764 g/mol. The number of rotatable bonds is 8. The maximum Gasteiger partial charge on any atom is 0.261 e. The van der Waals surface area contributed by atoms with Gasteiger partial charge in [-0.15, -0.1) is 35.9 Å². The molecule has 0 aliphatic heterocycles. The topological polar surface area (TPSA) is 72.9 Å². The summed E-state index contributed by atoms with van der Waals surface area (Å²) in [5, 5.41) is 4.86. The van der Waals surface area contributed by atoms with Crippen molar-refractivity contribution in [3.63, 3.8) is 0 Å². The van der Waals surface area contributed by atoms with Crippen LogP contribution < -0.4 is 20.4 Å². The minimum absolute atomic E-state index is 0. The molecule has 51 heavy (non-hydrogen) atoms. The molecule has 2 aliphatic carbocycles. The van der Waals surface area contributed by atoms with Crippen LogP contribution in [0.25, 0.3) is 22.3 Å². The number of nitrogens with zero attached hydrogens (tertiary/aromatic N) is 2. The Labute approximate surface area is 323 Å². The van der Waals surface area contributed by atoms with E-state index < -0.39 is 10.1 Å². The Morgan fingerprint density at radius 3 is 1.63 bits per heavy atom. The van der Waals surface area contributed by atoms with Gasteiger partial charge in [-0.05, 0) is 71.8 Å². The maximum atomic E-state index is 9.19. The smallest absolute Gasteiger partial charge is 0.261 e. The molecule has 6 rings (SSSR count). The Hall–Kier alpha value is -2.72. The molecule has 2 fully saturated rings. The Morgan fingerprint density at radius 2 is 1.16 bits per heavy atom. The van der Waals surface area contributed by atoms with Crippen LogP contribution in [0.1, 0.15) is 64.2 Å². The van der Waals surface area contributed by atoms with Gasteiger partial charge in [-0.2, -0.15) is 8.42 Å². The van der Waals surface area contributed by atoms with E-state index in [4.69, 9.17) is 4.55 Å². The van der Waals surface area contributed by atoms with E-state index in [0.29, 0.717) is 6.26 Å². The fourth-order valence-corrected chi connectivity index (χ4v) is 11.3. The van der Waals surface area contributed by atoms with Crippen LogP contribution in [-0.4, -0.2) is 65.8 Å². The van der Waals surface area contributed by atoms with Gasteiger partial charge in [-0.25, -0.2) is 0 Å². The predicted octanol–water partition coefficient (Wildman–Crippen LogP) is 9.96. The largest absolute Gasteiger partial charge is 0.395 e. The summed E-state index contributed by atoms with van der Waals surface area (Å²) in [7, 11) is 6.87. The number of benzene rings is 4. The van der Waals surface area contributed by atoms with Gasteiger partial charge >= 0.3 is 0 Å². The van der Waals surface area contributed by atoms with Gasteiger partial charge in [-0.3, -0.25) is 4.55 Å². The van der Waals surface area contributed by atoms with Gasteiger partial charge in [0, 0.05) is 72.6 Å². The molecule has 0 spiro atoms. The van der Waals surface area contributed by atoms with Gasteiger partial charge in [0.15, 0.2) is 0 Å². The second-order valence-corrected chi connectivity index (χ2v) is 18.0. The summed E-state index contributed by atoms with van der Waals surface area (Å²) < 4.78 is 25.9. The Morgan fingerprint density at radius 1 is 0.686 bits per heavy atom. The van der Waals surface area contributed by atoms with E-state index in [9.17, 15) is 8.42 Å². The third-order valence-corrected chi connectivity index (χ3v) is 13.1. The van der Waals surface area contributed by atoms with E-state index in [1.165, 1.54) is 92.3 Å². The van der Waals surface area contributed by atoms with Gasteiger partial charge in [0.25, 0.3) is 10.1 Å². The van der Waals surface area contributed by atoms with Gasteiger partial charge in [0.1, 0.15) is 0 Å². The molecule has 2 aliphatic rings. The van der Waals surface area contributed by atoms with Gasteiger partial charge in [-0.1, -0.05) is 101 Å². The van der Waals surface area contributed by atoms with Crippen molar-refractivity contribution in [2.24, 2.45) is 0 Å². The molecule has 0 amide bonds. The van der Waals surface area contributed by atoms with E-state index >= 15 is 0 Å². The zero-order valence-corrected chi connectivity index (χ0v) is 34.5. The molecule has 0 heterocycles. The molecule has 2 N–H and O–H groups in total. The molecule has 9 heteroatoms. The Kier molecular flexibility index (Phi) is 17.7. The zero-order chi connectivity index (χ0) is 36.1. The molecule has 6 nitrogen and oxygen atoms in total. The van der Waals surface area contributed by atoms with Crippen molar-refractivity contribution >= 4 is 40.4 Å². The first-order valence-corrected chi connectivity index (χ1v) is 21.3. The van der Waals surface area contributed by atoms with E-state index in [1.54, 1.807) is 5.30 Å². The average molecular weight is 821 g/mol. The molecule has 0 radical (unpaired) electrons. The SMILES string of the molecule is CN(C)c1cccc(N(C)C)c1-c1ccccc1P(C1CCCCC1)C1CCCCC1.CNc1ccccc1-c1[c-]cccc1.CS(=O)(=O)O.[Pd]. The van der Waals surface area contributed by atoms with Crippen molar-refractivity contribution in [1.82, 2.24) is 0 Å². The first kappa shape index (κ1) is 42.7. The monoisotopic (exact) mass is 820 g/mol. The van der Waals surface area contributed by atoms with Crippen LogP contribution in [-0.2, 0) is 30.5 Å². The summed E-state index contributed by atoms with van der Waals surface area (Å²) in [5.41, 5.74) is 10.9. The zero-order valence-electron chi connectivity index (χ0n) is 31.2. The van der Waals surface area contributed by atoms with Gasteiger partial charge in [0.2, 0.25) is 0 Å². The second kappa shape index (κ2) is 21.1. The predicted molar refractivity (Wildman–Crippen MR) is 219 cm³/mol. The third-order valence-electron chi connectivity index (χ3n) is 9.57. The average Bonchev–Trinajstić information content (AvgIpc) is 3.12. The van der Waals surface area contributed by atoms with Crippen LogP contribution in [0.5, 0.6) is 0 Å². The molecule has 0 aromatic heterocycles. The number of hydrogen-bond acceptors (Lipinski definition) is 5. The van der Waals surface area contributed by atoms with Crippen LogP contribution >= 0.6 is 7.92 Å². The molecule has 0 atom stereocenters. The molecule has 0 saturated heterocycles. The molecule has 2 saturated carbocycles. The number of hydrogen-bond donors (Lipinski definition) is 2. The standard InChI is InChI=1S/C28H41N2P.C13H12N.CH4O3S.Pd/c1-29(2)25-19-13-20-26(30(3)4)28(25)24-18-11-12-21-27(24)31(22-14-7-5-8-15-22)23-16-9-6-10-17-23;1-14-13-10-6-5-9-12(13)11-7-3-2-4-8-11;1-5(2,3)4;/h11-13,18-23H,5-10,14-17H2,1-4H3;2-7,9-10,14H,1H3;1H3,(H,2,3,4);/q;-1;;. The van der Waals surface area contributed by atoms with Crippen LogP contribution in [0, 0.1) is 6.07 Å². The van der Waals surface area contributed by atoms with Crippen molar-refractivity contribution in [1.29, 1.82) is 0 Å². The fraction of sp³-hybridized carbons (Fsp3) is 0.429. The maximum absolute atomic E-state index is 9.19. The van der Waals surface area contributed by atoms with Crippen molar-refractivity contribution < 1.29 is 33.4 Å². The van der Waals surface area contributed by atoms with Crippen molar-refractivity contribution in [2.75, 3.05) is 56.6 Å². The summed E-state index contributed by atoms with van der Waals surface area (Å²) in [6, 6.07) is 35.8. The number of anilines is 3. The minimum atomic E-state index is -3.67. The van der Waals surface area contributed by atoms with E-state index in [-0.39, 0.29) is 28.3 Å². The fourth-order valence-electron chi connectivity index (χ4n) is 7.37. The van der Waals surface area contributed by atoms with Crippen molar-refractivity contribution in [2.45, 2.75) is 75.5 Å². The molecule has 4 aromatic carbocycles. The molecule has 0 unspecified atom stereocenters. The van der Waals surface area contributed by atoms with Crippen LogP contribution in [0.15, 0.2) is 91.0 Å². The summed E-state index contributed by atoms with van der Waals surface area (Å²) in [6.45, 7) is 0. The van der Waals surface area contributed by atoms with E-state index in [2.05, 4.69) is 110 Å². The van der Waals surface area contributed by atoms with Gasteiger partial charge < -0.3 is 15.1 Å². The first-order chi connectivity index (χ1) is 24.0. The summed E-state index contributed by atoms with van der Waals surface area (Å²) in [4.78, 5) is 4.59. The minimum Gasteiger partial charge on any atom is -0.395 e. The molecular formula is C42H57N3O3PPdS-. The summed E-state index contributed by atoms with van der Waals surface area (Å²) >= 11 is 0. The quantitative estimate of drug-likeness (QED) is 0.0799. The van der Waals surface area contributed by atoms with Crippen LogP contribution in [0.2, 0.25) is 0 Å².